The van der Waals surface area contributed by atoms with Crippen LogP contribution in [-0.2, 0) is 14.3 Å². The van der Waals surface area contributed by atoms with E-state index in [1.54, 1.807) is 4.90 Å². The molecule has 1 heterocycles. The molecule has 1 unspecified atom stereocenters. The van der Waals surface area contributed by atoms with Crippen LogP contribution in [0, 0.1) is 11.3 Å². The molecule has 1 N–H and O–H groups in total. The molecule has 98 valence electrons. The largest absolute Gasteiger partial charge is 0.481 e. The Labute approximate surface area is 102 Å². The molecule has 0 saturated carbocycles. The lowest BCUT2D eigenvalue weighted by atomic mass is 9.76. The molecule has 0 spiro atoms. The summed E-state index contributed by atoms with van der Waals surface area (Å²) in [6, 6.07) is 0. The highest BCUT2D eigenvalue weighted by atomic mass is 16.5. The first-order chi connectivity index (χ1) is 7.94. The fourth-order valence-corrected chi connectivity index (χ4v) is 2.22. The highest BCUT2D eigenvalue weighted by Crippen LogP contribution is 2.38. The van der Waals surface area contributed by atoms with Gasteiger partial charge in [-0.1, -0.05) is 13.8 Å². The van der Waals surface area contributed by atoms with Crippen molar-refractivity contribution in [1.82, 2.24) is 4.90 Å². The van der Waals surface area contributed by atoms with Crippen LogP contribution in [0.15, 0.2) is 0 Å². The summed E-state index contributed by atoms with van der Waals surface area (Å²) >= 11 is 0. The molecule has 1 aliphatic heterocycles. The highest BCUT2D eigenvalue weighted by Gasteiger charge is 2.48. The van der Waals surface area contributed by atoms with Gasteiger partial charge < -0.3 is 14.7 Å². The van der Waals surface area contributed by atoms with E-state index in [9.17, 15) is 14.7 Å². The first-order valence-corrected chi connectivity index (χ1v) is 6.03. The van der Waals surface area contributed by atoms with Crippen molar-refractivity contribution < 1.29 is 19.4 Å². The van der Waals surface area contributed by atoms with E-state index >= 15 is 0 Å². The second-order valence-corrected chi connectivity index (χ2v) is 4.82. The zero-order chi connectivity index (χ0) is 13.1. The van der Waals surface area contributed by atoms with Crippen LogP contribution in [0.2, 0.25) is 0 Å². The molecule has 1 atom stereocenters. The lowest BCUT2D eigenvalue weighted by Gasteiger charge is -2.28. The van der Waals surface area contributed by atoms with Gasteiger partial charge in [-0.25, -0.2) is 0 Å². The lowest BCUT2D eigenvalue weighted by molar-refractivity contribution is -0.151. The second-order valence-electron chi connectivity index (χ2n) is 4.82. The molecule has 0 aromatic carbocycles. The monoisotopic (exact) mass is 243 g/mol. The van der Waals surface area contributed by atoms with E-state index in [2.05, 4.69) is 0 Å². The summed E-state index contributed by atoms with van der Waals surface area (Å²) < 4.78 is 5.06. The number of aliphatic carboxylic acids is 1. The molecule has 0 aromatic heterocycles. The van der Waals surface area contributed by atoms with Gasteiger partial charge in [-0.05, 0) is 19.3 Å². The Kier molecular flexibility index (Phi) is 4.51. The van der Waals surface area contributed by atoms with Crippen molar-refractivity contribution in [2.45, 2.75) is 27.2 Å². The van der Waals surface area contributed by atoms with Crippen molar-refractivity contribution in [3.05, 3.63) is 0 Å². The Morgan fingerprint density at radius 2 is 2.12 bits per heavy atom. The average Bonchev–Trinajstić information content (AvgIpc) is 2.72. The Hall–Kier alpha value is -1.10. The van der Waals surface area contributed by atoms with Crippen molar-refractivity contribution in [1.29, 1.82) is 0 Å². The summed E-state index contributed by atoms with van der Waals surface area (Å²) in [4.78, 5) is 24.7. The summed E-state index contributed by atoms with van der Waals surface area (Å²) in [7, 11) is 0. The predicted molar refractivity (Wildman–Crippen MR) is 62.6 cm³/mol. The standard InChI is InChI=1S/C12H21NO4/c1-4-17-7-10(14)13-6-5-12(8-13,9(2)3)11(15)16/h9H,4-8H2,1-3H3,(H,15,16). The molecule has 0 aliphatic carbocycles. The third-order valence-electron chi connectivity index (χ3n) is 3.61. The number of amides is 1. The minimum Gasteiger partial charge on any atom is -0.481 e. The molecule has 5 nitrogen and oxygen atoms in total. The molecule has 17 heavy (non-hydrogen) atoms. The molecule has 5 heteroatoms. The maximum atomic E-state index is 11.7. The number of carboxylic acid groups (broad SMARTS) is 1. The fraction of sp³-hybridized carbons (Fsp3) is 0.833. The third-order valence-corrected chi connectivity index (χ3v) is 3.61. The van der Waals surface area contributed by atoms with Gasteiger partial charge in [0.1, 0.15) is 6.61 Å². The van der Waals surface area contributed by atoms with Gasteiger partial charge in [-0.3, -0.25) is 9.59 Å². The molecule has 1 amide bonds. The van der Waals surface area contributed by atoms with E-state index in [4.69, 9.17) is 4.74 Å². The number of ether oxygens (including phenoxy) is 1. The molecule has 0 radical (unpaired) electrons. The topological polar surface area (TPSA) is 66.8 Å². The Morgan fingerprint density at radius 1 is 1.47 bits per heavy atom. The Morgan fingerprint density at radius 3 is 2.53 bits per heavy atom. The minimum atomic E-state index is -0.806. The maximum absolute atomic E-state index is 11.7. The summed E-state index contributed by atoms with van der Waals surface area (Å²) in [6.45, 7) is 6.96. The number of hydrogen-bond acceptors (Lipinski definition) is 3. The number of carbonyl (C=O) groups excluding carboxylic acids is 1. The summed E-state index contributed by atoms with van der Waals surface area (Å²) in [5, 5.41) is 9.34. The van der Waals surface area contributed by atoms with Crippen molar-refractivity contribution in [2.24, 2.45) is 11.3 Å². The zero-order valence-electron chi connectivity index (χ0n) is 10.7. The van der Waals surface area contributed by atoms with Gasteiger partial charge in [0, 0.05) is 19.7 Å². The summed E-state index contributed by atoms with van der Waals surface area (Å²) in [5.41, 5.74) is -0.790. The van der Waals surface area contributed by atoms with Crippen LogP contribution in [0.4, 0.5) is 0 Å². The minimum absolute atomic E-state index is 0.0184. The summed E-state index contributed by atoms with van der Waals surface area (Å²) in [6.07, 6.45) is 0.526. The van der Waals surface area contributed by atoms with Crippen molar-refractivity contribution in [3.63, 3.8) is 0 Å². The van der Waals surface area contributed by atoms with Crippen LogP contribution in [0.25, 0.3) is 0 Å². The number of nitrogens with zero attached hydrogens (tertiary/aromatic N) is 1. The first kappa shape index (κ1) is 14.0. The number of carboxylic acids is 1. The number of hydrogen-bond donors (Lipinski definition) is 1. The van der Waals surface area contributed by atoms with Crippen LogP contribution in [0.3, 0.4) is 0 Å². The van der Waals surface area contributed by atoms with Gasteiger partial charge in [0.25, 0.3) is 0 Å². The Balaban J connectivity index is 2.67. The van der Waals surface area contributed by atoms with Crippen LogP contribution >= 0.6 is 0 Å². The first-order valence-electron chi connectivity index (χ1n) is 6.03. The van der Waals surface area contributed by atoms with E-state index in [1.807, 2.05) is 20.8 Å². The molecule has 0 aromatic rings. The van der Waals surface area contributed by atoms with E-state index in [1.165, 1.54) is 0 Å². The smallest absolute Gasteiger partial charge is 0.311 e. The quantitative estimate of drug-likeness (QED) is 0.781. The molecule has 1 rings (SSSR count). The highest BCUT2D eigenvalue weighted by molar-refractivity contribution is 5.81. The van der Waals surface area contributed by atoms with E-state index in [-0.39, 0.29) is 18.4 Å². The van der Waals surface area contributed by atoms with Crippen molar-refractivity contribution in [2.75, 3.05) is 26.3 Å². The molecule has 0 bridgehead atoms. The predicted octanol–water partition coefficient (Wildman–Crippen LogP) is 0.982. The van der Waals surface area contributed by atoms with E-state index < -0.39 is 11.4 Å². The Bertz CT molecular complexity index is 303. The average molecular weight is 243 g/mol. The number of rotatable bonds is 5. The van der Waals surface area contributed by atoms with Gasteiger partial charge in [-0.2, -0.15) is 0 Å². The molecule has 1 aliphatic rings. The second kappa shape index (κ2) is 5.49. The van der Waals surface area contributed by atoms with Gasteiger partial charge in [0.05, 0.1) is 5.41 Å². The third kappa shape index (κ3) is 2.77. The molecule has 1 saturated heterocycles. The lowest BCUT2D eigenvalue weighted by Crippen LogP contribution is -2.41. The van der Waals surface area contributed by atoms with E-state index in [0.717, 1.165) is 0 Å². The number of likely N-dealkylation sites (tertiary alicyclic amines) is 1. The molecular weight excluding hydrogens is 222 g/mol. The van der Waals surface area contributed by atoms with Crippen LogP contribution < -0.4 is 0 Å². The van der Waals surface area contributed by atoms with Gasteiger partial charge >= 0.3 is 5.97 Å². The van der Waals surface area contributed by atoms with Crippen LogP contribution in [0.5, 0.6) is 0 Å². The van der Waals surface area contributed by atoms with E-state index in [0.29, 0.717) is 26.1 Å². The number of carbonyl (C=O) groups is 2. The van der Waals surface area contributed by atoms with Crippen molar-refractivity contribution in [3.8, 4) is 0 Å². The van der Waals surface area contributed by atoms with Gasteiger partial charge in [0.2, 0.25) is 5.91 Å². The summed E-state index contributed by atoms with van der Waals surface area (Å²) in [5.74, 6) is -0.903. The van der Waals surface area contributed by atoms with Gasteiger partial charge in [0.15, 0.2) is 0 Å². The molecule has 1 fully saturated rings. The maximum Gasteiger partial charge on any atom is 0.311 e. The molecular formula is C12H21NO4. The van der Waals surface area contributed by atoms with Crippen molar-refractivity contribution >= 4 is 11.9 Å². The van der Waals surface area contributed by atoms with Gasteiger partial charge in [-0.15, -0.1) is 0 Å². The SMILES string of the molecule is CCOCC(=O)N1CCC(C(=O)O)(C(C)C)C1. The van der Waals surface area contributed by atoms with Crippen LogP contribution in [0.1, 0.15) is 27.2 Å². The zero-order valence-corrected chi connectivity index (χ0v) is 10.7. The normalized spacial score (nSPS) is 24.4. The fourth-order valence-electron chi connectivity index (χ4n) is 2.22. The van der Waals surface area contributed by atoms with Crippen LogP contribution in [-0.4, -0.2) is 48.2 Å².